The third kappa shape index (κ3) is 2.96. The van der Waals surface area contributed by atoms with Gasteiger partial charge in [0.25, 0.3) is 5.56 Å². The van der Waals surface area contributed by atoms with Crippen molar-refractivity contribution in [3.63, 3.8) is 0 Å². The standard InChI is InChI=1S/C20H19N3O4/c1-10-8-13(27-20-18-15(24)9-26-16(18)6-7-21-20)4-5-14(10)17-11(2)19(25)23-22-12(17)3/h4-8,15,24H,9H2,1-3H3,(H,23,25). The highest BCUT2D eigenvalue weighted by Crippen LogP contribution is 2.40. The van der Waals surface area contributed by atoms with Crippen LogP contribution in [0.1, 0.15) is 28.5 Å². The van der Waals surface area contributed by atoms with Crippen LogP contribution >= 0.6 is 0 Å². The summed E-state index contributed by atoms with van der Waals surface area (Å²) in [5.74, 6) is 1.50. The normalized spacial score (nSPS) is 15.3. The second-order valence-electron chi connectivity index (χ2n) is 6.57. The molecule has 0 saturated carbocycles. The number of aliphatic hydroxyl groups is 1. The van der Waals surface area contributed by atoms with Gasteiger partial charge in [-0.15, -0.1) is 0 Å². The molecule has 1 aliphatic rings. The molecule has 1 unspecified atom stereocenters. The number of rotatable bonds is 3. The topological polar surface area (TPSA) is 97.3 Å². The van der Waals surface area contributed by atoms with Gasteiger partial charge >= 0.3 is 0 Å². The Labute approximate surface area is 155 Å². The first-order chi connectivity index (χ1) is 13.0. The monoisotopic (exact) mass is 365 g/mol. The molecule has 2 aromatic heterocycles. The Kier molecular flexibility index (Phi) is 4.16. The molecule has 2 N–H and O–H groups in total. The van der Waals surface area contributed by atoms with Crippen molar-refractivity contribution in [2.45, 2.75) is 26.9 Å². The Morgan fingerprint density at radius 1 is 1.26 bits per heavy atom. The number of pyridine rings is 1. The fraction of sp³-hybridized carbons (Fsp3) is 0.250. The van der Waals surface area contributed by atoms with E-state index in [-0.39, 0.29) is 12.2 Å². The fourth-order valence-electron chi connectivity index (χ4n) is 3.35. The minimum absolute atomic E-state index is 0.198. The van der Waals surface area contributed by atoms with E-state index in [0.717, 1.165) is 22.4 Å². The van der Waals surface area contributed by atoms with Gasteiger partial charge < -0.3 is 14.6 Å². The van der Waals surface area contributed by atoms with Gasteiger partial charge in [0.1, 0.15) is 24.2 Å². The van der Waals surface area contributed by atoms with E-state index in [9.17, 15) is 9.90 Å². The molecule has 138 valence electrons. The van der Waals surface area contributed by atoms with Gasteiger partial charge in [-0.25, -0.2) is 10.1 Å². The number of aliphatic hydroxyl groups excluding tert-OH is 1. The number of fused-ring (bicyclic) bond motifs is 1. The summed E-state index contributed by atoms with van der Waals surface area (Å²) in [6.07, 6.45) is 0.832. The Morgan fingerprint density at radius 2 is 2.07 bits per heavy atom. The number of ether oxygens (including phenoxy) is 2. The predicted octanol–water partition coefficient (Wildman–Crippen LogP) is 2.98. The van der Waals surface area contributed by atoms with Gasteiger partial charge in [0.15, 0.2) is 0 Å². The number of H-pyrrole nitrogens is 1. The Morgan fingerprint density at radius 3 is 2.85 bits per heavy atom. The summed E-state index contributed by atoms with van der Waals surface area (Å²) in [5, 5.41) is 16.7. The molecular formula is C20H19N3O4. The van der Waals surface area contributed by atoms with Gasteiger partial charge in [-0.1, -0.05) is 6.07 Å². The van der Waals surface area contributed by atoms with Crippen molar-refractivity contribution in [3.05, 3.63) is 63.2 Å². The van der Waals surface area contributed by atoms with Crippen molar-refractivity contribution in [1.29, 1.82) is 0 Å². The third-order valence-electron chi connectivity index (χ3n) is 4.73. The highest BCUT2D eigenvalue weighted by atomic mass is 16.5. The zero-order chi connectivity index (χ0) is 19.1. The van der Waals surface area contributed by atoms with E-state index in [4.69, 9.17) is 9.47 Å². The van der Waals surface area contributed by atoms with Gasteiger partial charge in [-0.05, 0) is 50.1 Å². The van der Waals surface area contributed by atoms with Crippen LogP contribution in [-0.4, -0.2) is 26.9 Å². The molecule has 0 radical (unpaired) electrons. The van der Waals surface area contributed by atoms with E-state index in [1.165, 1.54) is 0 Å². The summed E-state index contributed by atoms with van der Waals surface area (Å²) in [4.78, 5) is 16.2. The molecule has 0 spiro atoms. The lowest BCUT2D eigenvalue weighted by Gasteiger charge is -2.14. The average molecular weight is 365 g/mol. The van der Waals surface area contributed by atoms with Crippen LogP contribution in [0.3, 0.4) is 0 Å². The van der Waals surface area contributed by atoms with Gasteiger partial charge in [0.2, 0.25) is 5.88 Å². The molecule has 7 nitrogen and oxygen atoms in total. The third-order valence-corrected chi connectivity index (χ3v) is 4.73. The van der Waals surface area contributed by atoms with Crippen LogP contribution in [-0.2, 0) is 0 Å². The van der Waals surface area contributed by atoms with Crippen LogP contribution < -0.4 is 15.0 Å². The highest BCUT2D eigenvalue weighted by molar-refractivity contribution is 5.72. The van der Waals surface area contributed by atoms with Crippen molar-refractivity contribution >= 4 is 0 Å². The van der Waals surface area contributed by atoms with Crippen molar-refractivity contribution in [1.82, 2.24) is 15.2 Å². The summed E-state index contributed by atoms with van der Waals surface area (Å²) in [5.41, 5.74) is 4.43. The molecule has 0 bridgehead atoms. The van der Waals surface area contributed by atoms with Crippen LogP contribution in [0.25, 0.3) is 11.1 Å². The zero-order valence-corrected chi connectivity index (χ0v) is 15.2. The van der Waals surface area contributed by atoms with Crippen molar-refractivity contribution in [2.24, 2.45) is 0 Å². The second-order valence-corrected chi connectivity index (χ2v) is 6.57. The summed E-state index contributed by atoms with van der Waals surface area (Å²) < 4.78 is 11.3. The second kappa shape index (κ2) is 6.51. The molecule has 1 atom stereocenters. The Hall–Kier alpha value is -3.19. The van der Waals surface area contributed by atoms with E-state index in [2.05, 4.69) is 15.2 Å². The van der Waals surface area contributed by atoms with Crippen LogP contribution in [0.5, 0.6) is 17.4 Å². The predicted molar refractivity (Wildman–Crippen MR) is 99.3 cm³/mol. The molecule has 1 aromatic carbocycles. The molecular weight excluding hydrogens is 346 g/mol. The van der Waals surface area contributed by atoms with Gasteiger partial charge in [-0.2, -0.15) is 5.10 Å². The van der Waals surface area contributed by atoms with Crippen LogP contribution in [0.4, 0.5) is 0 Å². The minimum atomic E-state index is -0.753. The lowest BCUT2D eigenvalue weighted by atomic mass is 9.96. The lowest BCUT2D eigenvalue weighted by molar-refractivity contribution is 0.139. The smallest absolute Gasteiger partial charge is 0.267 e. The molecule has 0 saturated heterocycles. The largest absolute Gasteiger partial charge is 0.490 e. The van der Waals surface area contributed by atoms with Gasteiger partial charge in [-0.3, -0.25) is 4.79 Å². The molecule has 3 heterocycles. The number of hydrogen-bond donors (Lipinski definition) is 2. The van der Waals surface area contributed by atoms with Crippen LogP contribution in [0, 0.1) is 20.8 Å². The maximum atomic E-state index is 11.9. The highest BCUT2D eigenvalue weighted by Gasteiger charge is 2.27. The molecule has 7 heteroatoms. The number of hydrogen-bond acceptors (Lipinski definition) is 6. The molecule has 0 aliphatic carbocycles. The molecule has 4 rings (SSSR count). The first kappa shape index (κ1) is 17.2. The SMILES string of the molecule is Cc1cc(Oc2nccc3c2C(O)CO3)ccc1-c1c(C)n[nH]c(=O)c1C. The number of aromatic amines is 1. The van der Waals surface area contributed by atoms with Gasteiger partial charge in [0.05, 0.1) is 11.3 Å². The number of benzene rings is 1. The van der Waals surface area contributed by atoms with E-state index >= 15 is 0 Å². The van der Waals surface area contributed by atoms with Crippen molar-refractivity contribution in [3.8, 4) is 28.5 Å². The van der Waals surface area contributed by atoms with Gasteiger partial charge in [0, 0.05) is 17.3 Å². The maximum Gasteiger partial charge on any atom is 0.267 e. The molecule has 1 aliphatic heterocycles. The number of nitrogens with one attached hydrogen (secondary N) is 1. The Bertz CT molecular complexity index is 1090. The van der Waals surface area contributed by atoms with Crippen molar-refractivity contribution in [2.75, 3.05) is 6.61 Å². The molecule has 3 aromatic rings. The van der Waals surface area contributed by atoms with Crippen molar-refractivity contribution < 1.29 is 14.6 Å². The summed E-state index contributed by atoms with van der Waals surface area (Å²) in [6, 6.07) is 7.29. The number of aromatic nitrogens is 3. The summed E-state index contributed by atoms with van der Waals surface area (Å²) >= 11 is 0. The fourth-order valence-corrected chi connectivity index (χ4v) is 3.35. The van der Waals surface area contributed by atoms with Crippen LogP contribution in [0.15, 0.2) is 35.3 Å². The lowest BCUT2D eigenvalue weighted by Crippen LogP contribution is -2.14. The Balaban J connectivity index is 1.72. The average Bonchev–Trinajstić information content (AvgIpc) is 3.02. The minimum Gasteiger partial charge on any atom is -0.490 e. The number of aryl methyl sites for hydroxylation is 2. The van der Waals surface area contributed by atoms with E-state index in [1.807, 2.05) is 32.0 Å². The quantitative estimate of drug-likeness (QED) is 0.741. The molecule has 0 amide bonds. The van der Waals surface area contributed by atoms with E-state index in [0.29, 0.717) is 28.5 Å². The number of nitrogens with zero attached hydrogens (tertiary/aromatic N) is 2. The summed E-state index contributed by atoms with van der Waals surface area (Å²) in [7, 11) is 0. The van der Waals surface area contributed by atoms with Crippen LogP contribution in [0.2, 0.25) is 0 Å². The van der Waals surface area contributed by atoms with E-state index < -0.39 is 6.10 Å². The molecule has 27 heavy (non-hydrogen) atoms. The molecule has 0 fully saturated rings. The maximum absolute atomic E-state index is 11.9. The zero-order valence-electron chi connectivity index (χ0n) is 15.2. The summed E-state index contributed by atoms with van der Waals surface area (Å²) in [6.45, 7) is 5.79. The first-order valence-corrected chi connectivity index (χ1v) is 8.60. The van der Waals surface area contributed by atoms with E-state index in [1.54, 1.807) is 19.2 Å². The first-order valence-electron chi connectivity index (χ1n) is 8.60.